The molecule has 0 bridgehead atoms. The molecule has 0 N–H and O–H groups in total. The van der Waals surface area contributed by atoms with Crippen molar-refractivity contribution in [3.8, 4) is 0 Å². The predicted molar refractivity (Wildman–Crippen MR) is 70.5 cm³/mol. The summed E-state index contributed by atoms with van der Waals surface area (Å²) < 4.78 is 28.0. The predicted octanol–water partition coefficient (Wildman–Crippen LogP) is 3.08. The number of aromatic nitrogens is 2. The van der Waals surface area contributed by atoms with E-state index in [2.05, 4.69) is 5.10 Å². The zero-order chi connectivity index (χ0) is 14.3. The minimum atomic E-state index is -0.784. The summed E-state index contributed by atoms with van der Waals surface area (Å²) in [5.74, 6) is -2.07. The molecular weight excluding hydrogens is 262 g/mol. The van der Waals surface area contributed by atoms with Gasteiger partial charge in [-0.25, -0.2) is 8.78 Å². The fourth-order valence-corrected chi connectivity index (χ4v) is 2.20. The van der Waals surface area contributed by atoms with Crippen LogP contribution >= 0.6 is 0 Å². The first kappa shape index (κ1) is 12.5. The van der Waals surface area contributed by atoms with E-state index in [1.807, 2.05) is 12.1 Å². The lowest BCUT2D eigenvalue weighted by Gasteiger charge is -1.99. The van der Waals surface area contributed by atoms with Crippen LogP contribution in [-0.4, -0.2) is 15.6 Å². The van der Waals surface area contributed by atoms with Gasteiger partial charge >= 0.3 is 0 Å². The Morgan fingerprint density at radius 2 is 1.75 bits per heavy atom. The largest absolute Gasteiger partial charge is 0.287 e. The summed E-state index contributed by atoms with van der Waals surface area (Å²) in [5.41, 5.74) is 0.923. The molecule has 3 nitrogen and oxygen atoms in total. The van der Waals surface area contributed by atoms with Crippen molar-refractivity contribution in [1.29, 1.82) is 0 Å². The molecule has 5 heteroatoms. The van der Waals surface area contributed by atoms with E-state index < -0.39 is 17.4 Å². The average Bonchev–Trinajstić information content (AvgIpc) is 2.75. The number of nitrogens with zero attached hydrogens (tertiary/aromatic N) is 2. The first-order valence-corrected chi connectivity index (χ1v) is 5.99. The summed E-state index contributed by atoms with van der Waals surface area (Å²) in [5, 5.41) is 4.80. The molecule has 0 amide bonds. The van der Waals surface area contributed by atoms with E-state index in [0.29, 0.717) is 5.39 Å². The molecule has 3 aromatic rings. The molecule has 1 heterocycles. The molecule has 0 aliphatic heterocycles. The van der Waals surface area contributed by atoms with Crippen LogP contribution in [0.1, 0.15) is 16.1 Å². The number of para-hydroxylation sites is 1. The molecule has 0 aliphatic carbocycles. The van der Waals surface area contributed by atoms with E-state index in [0.717, 1.165) is 23.7 Å². The van der Waals surface area contributed by atoms with Crippen LogP contribution in [0.2, 0.25) is 0 Å². The number of benzene rings is 2. The molecule has 3 rings (SSSR count). The standard InChI is InChI=1S/C15H10F2N2O/c1-19-13-5-3-2-4-12(13)14(18-19)15(20)9-6-10(16)8-11(17)7-9/h2-8H,1H3. The van der Waals surface area contributed by atoms with Crippen LogP contribution in [0, 0.1) is 11.6 Å². The van der Waals surface area contributed by atoms with Crippen molar-refractivity contribution in [3.05, 3.63) is 65.4 Å². The topological polar surface area (TPSA) is 34.9 Å². The molecule has 0 saturated heterocycles. The van der Waals surface area contributed by atoms with Crippen molar-refractivity contribution in [2.24, 2.45) is 7.05 Å². The number of aryl methyl sites for hydroxylation is 1. The van der Waals surface area contributed by atoms with Gasteiger partial charge in [0.2, 0.25) is 5.78 Å². The van der Waals surface area contributed by atoms with E-state index in [4.69, 9.17) is 0 Å². The van der Waals surface area contributed by atoms with Gasteiger partial charge in [-0.05, 0) is 18.2 Å². The van der Waals surface area contributed by atoms with E-state index in [1.54, 1.807) is 23.9 Å². The number of carbonyl (C=O) groups is 1. The summed E-state index contributed by atoms with van der Waals surface area (Å²) in [6.45, 7) is 0. The van der Waals surface area contributed by atoms with Gasteiger partial charge in [0.1, 0.15) is 17.3 Å². The highest BCUT2D eigenvalue weighted by molar-refractivity contribution is 6.14. The second kappa shape index (κ2) is 4.52. The van der Waals surface area contributed by atoms with Gasteiger partial charge in [-0.1, -0.05) is 18.2 Å². The van der Waals surface area contributed by atoms with Gasteiger partial charge < -0.3 is 0 Å². The van der Waals surface area contributed by atoms with Crippen LogP contribution < -0.4 is 0 Å². The van der Waals surface area contributed by atoms with Crippen molar-refractivity contribution in [2.45, 2.75) is 0 Å². The number of carbonyl (C=O) groups excluding carboxylic acids is 1. The molecule has 1 aromatic heterocycles. The first-order chi connectivity index (χ1) is 9.56. The van der Waals surface area contributed by atoms with E-state index >= 15 is 0 Å². The lowest BCUT2D eigenvalue weighted by molar-refractivity contribution is 0.103. The summed E-state index contributed by atoms with van der Waals surface area (Å²) in [6.07, 6.45) is 0. The van der Waals surface area contributed by atoms with Crippen molar-refractivity contribution >= 4 is 16.7 Å². The smallest absolute Gasteiger partial charge is 0.214 e. The number of fused-ring (bicyclic) bond motifs is 1. The Balaban J connectivity index is 2.18. The van der Waals surface area contributed by atoms with Gasteiger partial charge in [-0.3, -0.25) is 9.48 Å². The van der Waals surface area contributed by atoms with Crippen molar-refractivity contribution in [3.63, 3.8) is 0 Å². The molecule has 20 heavy (non-hydrogen) atoms. The van der Waals surface area contributed by atoms with Gasteiger partial charge in [0.25, 0.3) is 0 Å². The molecule has 0 saturated carbocycles. The molecule has 0 fully saturated rings. The van der Waals surface area contributed by atoms with Gasteiger partial charge in [0, 0.05) is 24.1 Å². The lowest BCUT2D eigenvalue weighted by atomic mass is 10.1. The Hall–Kier alpha value is -2.56. The Labute approximate surface area is 113 Å². The van der Waals surface area contributed by atoms with Crippen molar-refractivity contribution < 1.29 is 13.6 Å². The van der Waals surface area contributed by atoms with Gasteiger partial charge in [0.05, 0.1) is 5.52 Å². The van der Waals surface area contributed by atoms with Gasteiger partial charge in [-0.15, -0.1) is 0 Å². The Morgan fingerprint density at radius 1 is 1.10 bits per heavy atom. The minimum Gasteiger partial charge on any atom is -0.287 e. The van der Waals surface area contributed by atoms with E-state index in [9.17, 15) is 13.6 Å². The molecule has 0 atom stereocenters. The zero-order valence-electron chi connectivity index (χ0n) is 10.6. The fraction of sp³-hybridized carbons (Fsp3) is 0.0667. The number of hydrogen-bond donors (Lipinski definition) is 0. The summed E-state index contributed by atoms with van der Waals surface area (Å²) in [4.78, 5) is 12.4. The third-order valence-corrected chi connectivity index (χ3v) is 3.10. The Kier molecular flexibility index (Phi) is 2.82. The second-order valence-corrected chi connectivity index (χ2v) is 4.48. The summed E-state index contributed by atoms with van der Waals surface area (Å²) >= 11 is 0. The first-order valence-electron chi connectivity index (χ1n) is 5.99. The summed E-state index contributed by atoms with van der Waals surface area (Å²) in [7, 11) is 1.71. The maximum absolute atomic E-state index is 13.2. The minimum absolute atomic E-state index is 0.0497. The zero-order valence-corrected chi connectivity index (χ0v) is 10.6. The van der Waals surface area contributed by atoms with E-state index in [1.165, 1.54) is 0 Å². The van der Waals surface area contributed by atoms with Crippen LogP contribution in [-0.2, 0) is 7.05 Å². The lowest BCUT2D eigenvalue weighted by Crippen LogP contribution is -2.05. The Morgan fingerprint density at radius 3 is 2.45 bits per heavy atom. The Bertz CT molecular complexity index is 804. The number of rotatable bonds is 2. The van der Waals surface area contributed by atoms with Crippen LogP contribution in [0.4, 0.5) is 8.78 Å². The quantitative estimate of drug-likeness (QED) is 0.672. The van der Waals surface area contributed by atoms with Crippen LogP contribution in [0.25, 0.3) is 10.9 Å². The van der Waals surface area contributed by atoms with Crippen molar-refractivity contribution in [2.75, 3.05) is 0 Å². The maximum atomic E-state index is 13.2. The number of halogens is 2. The monoisotopic (exact) mass is 272 g/mol. The molecule has 2 aromatic carbocycles. The van der Waals surface area contributed by atoms with E-state index in [-0.39, 0.29) is 11.3 Å². The molecular formula is C15H10F2N2O. The molecule has 0 radical (unpaired) electrons. The van der Waals surface area contributed by atoms with Crippen molar-refractivity contribution in [1.82, 2.24) is 9.78 Å². The number of hydrogen-bond acceptors (Lipinski definition) is 2. The molecule has 0 unspecified atom stereocenters. The highest BCUT2D eigenvalue weighted by Gasteiger charge is 2.18. The van der Waals surface area contributed by atoms with Gasteiger partial charge in [-0.2, -0.15) is 5.10 Å². The van der Waals surface area contributed by atoms with Crippen LogP contribution in [0.5, 0.6) is 0 Å². The molecule has 100 valence electrons. The normalized spacial score (nSPS) is 10.9. The highest BCUT2D eigenvalue weighted by atomic mass is 19.1. The highest BCUT2D eigenvalue weighted by Crippen LogP contribution is 2.21. The molecule has 0 spiro atoms. The van der Waals surface area contributed by atoms with Gasteiger partial charge in [0.15, 0.2) is 0 Å². The molecule has 0 aliphatic rings. The third kappa shape index (κ3) is 1.97. The average molecular weight is 272 g/mol. The fourth-order valence-electron chi connectivity index (χ4n) is 2.20. The SMILES string of the molecule is Cn1nc(C(=O)c2cc(F)cc(F)c2)c2ccccc21. The summed E-state index contributed by atoms with van der Waals surface area (Å²) in [6, 6.07) is 9.95. The van der Waals surface area contributed by atoms with Crippen LogP contribution in [0.3, 0.4) is 0 Å². The maximum Gasteiger partial charge on any atom is 0.214 e. The van der Waals surface area contributed by atoms with Crippen LogP contribution in [0.15, 0.2) is 42.5 Å². The second-order valence-electron chi connectivity index (χ2n) is 4.48. The number of ketones is 1. The third-order valence-electron chi connectivity index (χ3n) is 3.10.